The second kappa shape index (κ2) is 5.39. The monoisotopic (exact) mass is 310 g/mol. The molecule has 1 aromatic carbocycles. The Hall–Kier alpha value is -2.89. The largest absolute Gasteiger partial charge is 0.550 e. The van der Waals surface area contributed by atoms with E-state index in [9.17, 15) is 14.7 Å². The Bertz CT molecular complexity index is 957. The van der Waals surface area contributed by atoms with Crippen LogP contribution < -0.4 is 10.8 Å². The number of aromatic nitrogens is 2. The summed E-state index contributed by atoms with van der Waals surface area (Å²) >= 11 is 0. The molecule has 0 aliphatic heterocycles. The smallest absolute Gasteiger partial charge is 0.252 e. The summed E-state index contributed by atoms with van der Waals surface area (Å²) in [6.45, 7) is 3.67. The lowest BCUT2D eigenvalue weighted by atomic mass is 9.97. The van der Waals surface area contributed by atoms with Gasteiger partial charge in [-0.2, -0.15) is 0 Å². The van der Waals surface area contributed by atoms with Crippen molar-refractivity contribution in [2.75, 3.05) is 0 Å². The first-order chi connectivity index (χ1) is 10.9. The van der Waals surface area contributed by atoms with Crippen LogP contribution in [0.1, 0.15) is 33.6 Å². The molecule has 2 aromatic heterocycles. The molecule has 0 aliphatic rings. The van der Waals surface area contributed by atoms with Gasteiger partial charge in [0.05, 0.1) is 16.6 Å². The van der Waals surface area contributed by atoms with E-state index >= 15 is 0 Å². The lowest BCUT2D eigenvalue weighted by Crippen LogP contribution is -2.23. The number of carbonyl (C=O) groups excluding carboxylic acids is 2. The van der Waals surface area contributed by atoms with Crippen molar-refractivity contribution in [2.45, 2.75) is 26.7 Å². The number of fused-ring (bicyclic) bond motifs is 3. The van der Waals surface area contributed by atoms with E-state index < -0.39 is 11.9 Å². The fraction of sp³-hybridized carbons (Fsp3) is 0.235. The van der Waals surface area contributed by atoms with E-state index in [1.54, 1.807) is 6.92 Å². The zero-order valence-corrected chi connectivity index (χ0v) is 12.9. The SMILES string of the molecule is Cc1c(CCC(=O)[O-])c(C)n2c(nc3ccccc32)c1C(N)=O. The molecule has 118 valence electrons. The van der Waals surface area contributed by atoms with Crippen LogP contribution in [-0.2, 0) is 11.2 Å². The van der Waals surface area contributed by atoms with Crippen LogP contribution in [0.3, 0.4) is 0 Å². The molecule has 0 spiro atoms. The molecule has 0 saturated heterocycles. The van der Waals surface area contributed by atoms with Gasteiger partial charge in [-0.25, -0.2) is 4.98 Å². The number of primary amides is 1. The fourth-order valence-electron chi connectivity index (χ4n) is 3.15. The Morgan fingerprint density at radius 1 is 1.26 bits per heavy atom. The Morgan fingerprint density at radius 2 is 1.96 bits per heavy atom. The highest BCUT2D eigenvalue weighted by Crippen LogP contribution is 2.28. The predicted molar refractivity (Wildman–Crippen MR) is 84.0 cm³/mol. The number of pyridine rings is 1. The number of nitrogens with zero attached hydrogens (tertiary/aromatic N) is 2. The lowest BCUT2D eigenvalue weighted by molar-refractivity contribution is -0.305. The number of hydrogen-bond donors (Lipinski definition) is 1. The summed E-state index contributed by atoms with van der Waals surface area (Å²) in [4.78, 5) is 27.3. The summed E-state index contributed by atoms with van der Waals surface area (Å²) < 4.78 is 1.87. The number of hydrogen-bond acceptors (Lipinski definition) is 4. The van der Waals surface area contributed by atoms with Crippen LogP contribution in [0, 0.1) is 13.8 Å². The number of imidazole rings is 1. The number of amides is 1. The van der Waals surface area contributed by atoms with Gasteiger partial charge in [0, 0.05) is 11.7 Å². The quantitative estimate of drug-likeness (QED) is 0.773. The average Bonchev–Trinajstić information content (AvgIpc) is 2.85. The first kappa shape index (κ1) is 15.0. The van der Waals surface area contributed by atoms with E-state index in [4.69, 9.17) is 5.73 Å². The molecule has 6 heteroatoms. The van der Waals surface area contributed by atoms with Crippen LogP contribution >= 0.6 is 0 Å². The Balaban J connectivity index is 2.42. The van der Waals surface area contributed by atoms with Gasteiger partial charge in [-0.15, -0.1) is 0 Å². The van der Waals surface area contributed by atoms with Crippen LogP contribution in [0.25, 0.3) is 16.7 Å². The summed E-state index contributed by atoms with van der Waals surface area (Å²) in [5.74, 6) is -1.70. The number of nitrogens with two attached hydrogens (primary N) is 1. The predicted octanol–water partition coefficient (Wildman–Crippen LogP) is 0.886. The van der Waals surface area contributed by atoms with Crippen LogP contribution in [0.15, 0.2) is 24.3 Å². The minimum atomic E-state index is -1.12. The highest BCUT2D eigenvalue weighted by atomic mass is 16.4. The third kappa shape index (κ3) is 2.32. The van der Waals surface area contributed by atoms with E-state index in [1.165, 1.54) is 0 Å². The summed E-state index contributed by atoms with van der Waals surface area (Å²) in [7, 11) is 0. The van der Waals surface area contributed by atoms with Crippen molar-refractivity contribution in [3.05, 3.63) is 46.6 Å². The van der Waals surface area contributed by atoms with Gasteiger partial charge in [0.1, 0.15) is 0 Å². The number of carbonyl (C=O) groups is 2. The third-order valence-electron chi connectivity index (χ3n) is 4.21. The van der Waals surface area contributed by atoms with Crippen LogP contribution in [0.2, 0.25) is 0 Å². The number of carboxylic acids is 1. The Labute approximate surface area is 132 Å². The van der Waals surface area contributed by atoms with Gasteiger partial charge in [-0.3, -0.25) is 9.20 Å². The highest BCUT2D eigenvalue weighted by Gasteiger charge is 2.21. The molecule has 0 saturated carbocycles. The van der Waals surface area contributed by atoms with Crippen molar-refractivity contribution in [1.82, 2.24) is 9.38 Å². The normalized spacial score (nSPS) is 11.2. The summed E-state index contributed by atoms with van der Waals surface area (Å²) in [5, 5.41) is 10.8. The van der Waals surface area contributed by atoms with Gasteiger partial charge in [0.25, 0.3) is 5.91 Å². The molecule has 0 radical (unpaired) electrons. The highest BCUT2D eigenvalue weighted by molar-refractivity contribution is 6.02. The Kier molecular flexibility index (Phi) is 3.52. The lowest BCUT2D eigenvalue weighted by Gasteiger charge is -2.16. The molecule has 23 heavy (non-hydrogen) atoms. The van der Waals surface area contributed by atoms with Gasteiger partial charge in [0.2, 0.25) is 0 Å². The standard InChI is InChI=1S/C17H17N3O3/c1-9-11(7-8-14(21)22)10(2)20-13-6-4-3-5-12(13)19-17(20)15(9)16(18)23/h3-6H,7-8H2,1-2H3,(H2,18,23)(H,21,22)/p-1. The van der Waals surface area contributed by atoms with Crippen molar-refractivity contribution in [3.8, 4) is 0 Å². The van der Waals surface area contributed by atoms with Gasteiger partial charge in [0.15, 0.2) is 5.65 Å². The first-order valence-electron chi connectivity index (χ1n) is 7.30. The molecule has 0 fully saturated rings. The fourth-order valence-corrected chi connectivity index (χ4v) is 3.15. The number of aliphatic carboxylic acids is 1. The number of carboxylic acid groups (broad SMARTS) is 1. The van der Waals surface area contributed by atoms with Gasteiger partial charge >= 0.3 is 0 Å². The third-order valence-corrected chi connectivity index (χ3v) is 4.21. The molecule has 0 unspecified atom stereocenters. The summed E-state index contributed by atoms with van der Waals surface area (Å²) in [6, 6.07) is 7.53. The van der Waals surface area contributed by atoms with Crippen molar-refractivity contribution in [3.63, 3.8) is 0 Å². The number of aryl methyl sites for hydroxylation is 1. The van der Waals surface area contributed by atoms with Gasteiger partial charge in [-0.05, 0) is 49.9 Å². The van der Waals surface area contributed by atoms with E-state index in [2.05, 4.69) is 4.98 Å². The van der Waals surface area contributed by atoms with E-state index in [0.29, 0.717) is 16.8 Å². The summed E-state index contributed by atoms with van der Waals surface area (Å²) in [5.41, 5.74) is 10.3. The maximum absolute atomic E-state index is 12.0. The number of benzene rings is 1. The number of rotatable bonds is 4. The van der Waals surface area contributed by atoms with E-state index in [0.717, 1.165) is 22.3 Å². The first-order valence-corrected chi connectivity index (χ1v) is 7.30. The van der Waals surface area contributed by atoms with Crippen molar-refractivity contribution in [1.29, 1.82) is 0 Å². The molecule has 2 heterocycles. The molecule has 0 aliphatic carbocycles. The second-order valence-corrected chi connectivity index (χ2v) is 5.56. The zero-order chi connectivity index (χ0) is 16.7. The van der Waals surface area contributed by atoms with Crippen molar-refractivity contribution >= 4 is 28.6 Å². The second-order valence-electron chi connectivity index (χ2n) is 5.56. The molecule has 3 rings (SSSR count). The molecule has 2 N–H and O–H groups in total. The van der Waals surface area contributed by atoms with Crippen LogP contribution in [0.5, 0.6) is 0 Å². The molecule has 6 nitrogen and oxygen atoms in total. The molecule has 0 atom stereocenters. The van der Waals surface area contributed by atoms with E-state index in [-0.39, 0.29) is 12.8 Å². The number of para-hydroxylation sites is 2. The van der Waals surface area contributed by atoms with Gasteiger partial charge < -0.3 is 15.6 Å². The maximum atomic E-state index is 12.0. The Morgan fingerprint density at radius 3 is 2.61 bits per heavy atom. The van der Waals surface area contributed by atoms with E-state index in [1.807, 2.05) is 35.6 Å². The minimum absolute atomic E-state index is 0.113. The molecule has 0 bridgehead atoms. The molecular formula is C17H16N3O3-. The van der Waals surface area contributed by atoms with Crippen LogP contribution in [0.4, 0.5) is 0 Å². The van der Waals surface area contributed by atoms with Gasteiger partial charge in [-0.1, -0.05) is 12.1 Å². The van der Waals surface area contributed by atoms with Crippen molar-refractivity contribution < 1.29 is 14.7 Å². The molecule has 1 amide bonds. The maximum Gasteiger partial charge on any atom is 0.252 e. The molecular weight excluding hydrogens is 294 g/mol. The summed E-state index contributed by atoms with van der Waals surface area (Å²) in [6.07, 6.45) is 0.167. The zero-order valence-electron chi connectivity index (χ0n) is 12.9. The molecule has 3 aromatic rings. The minimum Gasteiger partial charge on any atom is -0.550 e. The average molecular weight is 310 g/mol. The van der Waals surface area contributed by atoms with Crippen molar-refractivity contribution in [2.24, 2.45) is 5.73 Å². The van der Waals surface area contributed by atoms with Crippen LogP contribution in [-0.4, -0.2) is 21.3 Å². The topological polar surface area (TPSA) is 101 Å².